The Morgan fingerprint density at radius 2 is 1.50 bits per heavy atom. The maximum absolute atomic E-state index is 8.56. The SMILES string of the molecule is Br.O=C(O)O.[H-].[K+]. The van der Waals surface area contributed by atoms with E-state index in [9.17, 15) is 0 Å². The van der Waals surface area contributed by atoms with Gasteiger partial charge in [0, 0.05) is 0 Å². The molecule has 0 radical (unpaired) electrons. The van der Waals surface area contributed by atoms with E-state index < -0.39 is 6.16 Å². The Labute approximate surface area is 89.4 Å². The number of halogens is 1. The molecule has 0 saturated carbocycles. The third-order valence-corrected chi connectivity index (χ3v) is 0. The normalized spacial score (nSPS) is 4.00. The largest absolute Gasteiger partial charge is 1.00 e. The monoisotopic (exact) mass is 182 g/mol. The van der Waals surface area contributed by atoms with Crippen LogP contribution in [0, 0.1) is 0 Å². The van der Waals surface area contributed by atoms with Gasteiger partial charge in [0.15, 0.2) is 0 Å². The number of rotatable bonds is 0. The standard InChI is InChI=1S/CH2O3.BrH.K.H/c2-1(3)4;;;/h(H2,2,3,4);1H;;/q;;+1;-1. The molecule has 0 spiro atoms. The zero-order valence-corrected chi connectivity index (χ0v) is 8.05. The molecular weight excluding hydrogens is 179 g/mol. The third kappa shape index (κ3) is 53.9. The quantitative estimate of drug-likeness (QED) is 0.423. The van der Waals surface area contributed by atoms with E-state index >= 15 is 0 Å². The van der Waals surface area contributed by atoms with E-state index in [0.29, 0.717) is 0 Å². The zero-order valence-electron chi connectivity index (χ0n) is 4.21. The van der Waals surface area contributed by atoms with Crippen molar-refractivity contribution in [1.29, 1.82) is 0 Å². The fourth-order valence-electron chi connectivity index (χ4n) is 0. The molecule has 0 atom stereocenters. The average Bonchev–Trinajstić information content (AvgIpc) is 0.811. The summed E-state index contributed by atoms with van der Waals surface area (Å²) in [5.74, 6) is 0. The fraction of sp³-hybridized carbons (Fsp3) is 0. The predicted molar refractivity (Wildman–Crippen MR) is 22.1 cm³/mol. The van der Waals surface area contributed by atoms with Crippen LogP contribution in [-0.2, 0) is 0 Å². The van der Waals surface area contributed by atoms with E-state index in [1.807, 2.05) is 0 Å². The second-order valence-electron chi connectivity index (χ2n) is 0.283. The van der Waals surface area contributed by atoms with Gasteiger partial charge in [-0.2, -0.15) is 0 Å². The molecule has 0 fully saturated rings. The van der Waals surface area contributed by atoms with Crippen molar-refractivity contribution in [2.75, 3.05) is 0 Å². The van der Waals surface area contributed by atoms with Gasteiger partial charge in [0.05, 0.1) is 0 Å². The molecule has 0 bridgehead atoms. The molecule has 34 valence electrons. The molecule has 3 nitrogen and oxygen atoms in total. The fourth-order valence-corrected chi connectivity index (χ4v) is 0. The summed E-state index contributed by atoms with van der Waals surface area (Å²) in [7, 11) is 0. The summed E-state index contributed by atoms with van der Waals surface area (Å²) >= 11 is 0. The average molecular weight is 183 g/mol. The molecule has 0 aliphatic heterocycles. The van der Waals surface area contributed by atoms with Crippen LogP contribution in [0.1, 0.15) is 1.43 Å². The van der Waals surface area contributed by atoms with Gasteiger partial charge < -0.3 is 11.6 Å². The van der Waals surface area contributed by atoms with Gasteiger partial charge >= 0.3 is 57.5 Å². The van der Waals surface area contributed by atoms with Crippen molar-refractivity contribution >= 4 is 23.1 Å². The molecule has 0 saturated heterocycles. The maximum Gasteiger partial charge on any atom is 1.00 e. The first-order valence-corrected chi connectivity index (χ1v) is 0.651. The molecule has 0 rings (SSSR count). The smallest absolute Gasteiger partial charge is 1.00 e. The minimum Gasteiger partial charge on any atom is -1.00 e. The Morgan fingerprint density at radius 3 is 1.50 bits per heavy atom. The molecule has 0 aliphatic carbocycles. The molecule has 0 amide bonds. The number of carboxylic acid groups (broad SMARTS) is 2. The van der Waals surface area contributed by atoms with Crippen molar-refractivity contribution < 1.29 is 67.8 Å². The minimum atomic E-state index is -1.83. The van der Waals surface area contributed by atoms with Crippen molar-refractivity contribution in [3.63, 3.8) is 0 Å². The molecule has 0 heterocycles. The molecule has 0 aromatic rings. The van der Waals surface area contributed by atoms with Crippen LogP contribution >= 0.6 is 17.0 Å². The third-order valence-electron chi connectivity index (χ3n) is 0. The van der Waals surface area contributed by atoms with Crippen LogP contribution < -0.4 is 51.4 Å². The Morgan fingerprint density at radius 1 is 1.50 bits per heavy atom. The molecule has 0 aromatic heterocycles. The Hall–Kier alpha value is 1.39. The molecule has 6 heavy (non-hydrogen) atoms. The van der Waals surface area contributed by atoms with Crippen LogP contribution in [0.25, 0.3) is 0 Å². The van der Waals surface area contributed by atoms with E-state index in [1.165, 1.54) is 0 Å². The number of hydrogen-bond donors (Lipinski definition) is 2. The molecule has 0 unspecified atom stereocenters. The van der Waals surface area contributed by atoms with E-state index in [0.717, 1.165) is 0 Å². The number of hydrogen-bond acceptors (Lipinski definition) is 1. The molecular formula is CH4BrKO3. The molecule has 0 aliphatic rings. The first-order valence-electron chi connectivity index (χ1n) is 0.651. The van der Waals surface area contributed by atoms with E-state index in [1.54, 1.807) is 0 Å². The first kappa shape index (κ1) is 15.7. The summed E-state index contributed by atoms with van der Waals surface area (Å²) in [6, 6.07) is 0. The summed E-state index contributed by atoms with van der Waals surface area (Å²) in [6.07, 6.45) is -1.83. The van der Waals surface area contributed by atoms with Gasteiger partial charge in [-0.05, 0) is 0 Å². The summed E-state index contributed by atoms with van der Waals surface area (Å²) in [5.41, 5.74) is 0. The van der Waals surface area contributed by atoms with Crippen LogP contribution in [0.2, 0.25) is 0 Å². The molecule has 0 aromatic carbocycles. The van der Waals surface area contributed by atoms with Gasteiger partial charge in [-0.3, -0.25) is 0 Å². The van der Waals surface area contributed by atoms with E-state index in [2.05, 4.69) is 0 Å². The Kier molecular flexibility index (Phi) is 25.1. The van der Waals surface area contributed by atoms with Crippen LogP contribution in [0.15, 0.2) is 0 Å². The van der Waals surface area contributed by atoms with Crippen LogP contribution in [0.5, 0.6) is 0 Å². The van der Waals surface area contributed by atoms with Crippen molar-refractivity contribution in [3.05, 3.63) is 0 Å². The number of carbonyl (C=O) groups is 1. The van der Waals surface area contributed by atoms with Gasteiger partial charge in [0.25, 0.3) is 0 Å². The van der Waals surface area contributed by atoms with Gasteiger partial charge in [-0.15, -0.1) is 17.0 Å². The summed E-state index contributed by atoms with van der Waals surface area (Å²) in [4.78, 5) is 8.56. The van der Waals surface area contributed by atoms with Crippen LogP contribution in [0.4, 0.5) is 4.79 Å². The summed E-state index contributed by atoms with van der Waals surface area (Å²) in [5, 5.41) is 13.9. The van der Waals surface area contributed by atoms with Gasteiger partial charge in [0.2, 0.25) is 0 Å². The van der Waals surface area contributed by atoms with Crippen LogP contribution in [0.3, 0.4) is 0 Å². The molecule has 5 heteroatoms. The Bertz CT molecular complexity index is 37.9. The topological polar surface area (TPSA) is 57.5 Å². The van der Waals surface area contributed by atoms with Crippen molar-refractivity contribution in [2.45, 2.75) is 0 Å². The molecule has 2 N–H and O–H groups in total. The van der Waals surface area contributed by atoms with Crippen molar-refractivity contribution in [1.82, 2.24) is 0 Å². The summed E-state index contributed by atoms with van der Waals surface area (Å²) in [6.45, 7) is 0. The minimum absolute atomic E-state index is 0. The maximum atomic E-state index is 8.56. The first-order chi connectivity index (χ1) is 1.73. The van der Waals surface area contributed by atoms with Gasteiger partial charge in [-0.1, -0.05) is 0 Å². The van der Waals surface area contributed by atoms with Crippen molar-refractivity contribution in [3.8, 4) is 0 Å². The van der Waals surface area contributed by atoms with Crippen molar-refractivity contribution in [2.24, 2.45) is 0 Å². The van der Waals surface area contributed by atoms with Gasteiger partial charge in [-0.25, -0.2) is 4.79 Å². The summed E-state index contributed by atoms with van der Waals surface area (Å²) < 4.78 is 0. The van der Waals surface area contributed by atoms with Gasteiger partial charge in [0.1, 0.15) is 0 Å². The Balaban J connectivity index is -0.0000000150. The van der Waals surface area contributed by atoms with E-state index in [4.69, 9.17) is 15.0 Å². The predicted octanol–water partition coefficient (Wildman–Crippen LogP) is -2.08. The van der Waals surface area contributed by atoms with E-state index in [-0.39, 0.29) is 69.8 Å². The van der Waals surface area contributed by atoms with Crippen LogP contribution in [-0.4, -0.2) is 16.4 Å². The second-order valence-corrected chi connectivity index (χ2v) is 0.283. The zero-order chi connectivity index (χ0) is 3.58. The second kappa shape index (κ2) is 9.63.